The summed E-state index contributed by atoms with van der Waals surface area (Å²) in [4.78, 5) is 11.5. The van der Waals surface area contributed by atoms with Crippen molar-refractivity contribution in [3.05, 3.63) is 0 Å². The minimum absolute atomic E-state index is 0.0852. The first-order valence-corrected chi connectivity index (χ1v) is 4.06. The molecule has 0 heterocycles. The van der Waals surface area contributed by atoms with Crippen LogP contribution in [0.2, 0.25) is 0 Å². The van der Waals surface area contributed by atoms with Gasteiger partial charge in [-0.05, 0) is 18.3 Å². The van der Waals surface area contributed by atoms with Crippen LogP contribution in [0, 0.1) is 23.2 Å². The topological polar surface area (TPSA) is 17.1 Å². The Morgan fingerprint density at radius 3 is 1.90 bits per heavy atom. The zero-order valence-electron chi connectivity index (χ0n) is 6.85. The third-order valence-corrected chi connectivity index (χ3v) is 2.71. The summed E-state index contributed by atoms with van der Waals surface area (Å²) in [6.07, 6.45) is 1.34. The van der Waals surface area contributed by atoms with E-state index < -0.39 is 0 Å². The number of carbonyl (C=O) groups excluding carboxylic acids is 1. The lowest BCUT2D eigenvalue weighted by atomic mass is 9.85. The Morgan fingerprint density at radius 1 is 1.30 bits per heavy atom. The number of rotatable bonds is 1. The van der Waals surface area contributed by atoms with E-state index >= 15 is 0 Å². The van der Waals surface area contributed by atoms with E-state index in [1.54, 1.807) is 0 Å². The largest absolute Gasteiger partial charge is 0.299 e. The van der Waals surface area contributed by atoms with Crippen molar-refractivity contribution in [1.29, 1.82) is 0 Å². The van der Waals surface area contributed by atoms with E-state index in [1.807, 2.05) is 20.8 Å². The second-order valence-corrected chi connectivity index (χ2v) is 4.70. The van der Waals surface area contributed by atoms with E-state index in [0.717, 1.165) is 11.8 Å². The summed E-state index contributed by atoms with van der Waals surface area (Å²) in [6.45, 7) is 6.06. The Balaban J connectivity index is 1.99. The highest BCUT2D eigenvalue weighted by molar-refractivity contribution is 5.90. The van der Waals surface area contributed by atoms with Crippen LogP contribution in [-0.2, 0) is 4.79 Å². The van der Waals surface area contributed by atoms with Gasteiger partial charge in [-0.25, -0.2) is 0 Å². The number of ketones is 1. The normalized spacial score (nSPS) is 42.5. The summed E-state index contributed by atoms with van der Waals surface area (Å²) in [5.74, 6) is 2.63. The molecule has 10 heavy (non-hydrogen) atoms. The third kappa shape index (κ3) is 0.727. The molecule has 2 aliphatic rings. The molecule has 0 bridgehead atoms. The molecule has 0 aliphatic heterocycles. The van der Waals surface area contributed by atoms with Crippen LogP contribution < -0.4 is 0 Å². The maximum absolute atomic E-state index is 11.5. The van der Waals surface area contributed by atoms with E-state index in [2.05, 4.69) is 0 Å². The van der Waals surface area contributed by atoms with Gasteiger partial charge in [0.25, 0.3) is 0 Å². The van der Waals surface area contributed by atoms with Gasteiger partial charge in [-0.15, -0.1) is 0 Å². The smallest absolute Gasteiger partial charge is 0.141 e. The molecule has 1 heteroatoms. The molecular weight excluding hydrogens is 124 g/mol. The Morgan fingerprint density at radius 2 is 1.80 bits per heavy atom. The van der Waals surface area contributed by atoms with E-state index in [4.69, 9.17) is 0 Å². The predicted molar refractivity (Wildman–Crippen MR) is 39.5 cm³/mol. The van der Waals surface area contributed by atoms with Crippen molar-refractivity contribution in [3.8, 4) is 0 Å². The Bertz CT molecular complexity index is 179. The van der Waals surface area contributed by atoms with Gasteiger partial charge in [-0.3, -0.25) is 4.79 Å². The van der Waals surface area contributed by atoms with Crippen LogP contribution >= 0.6 is 0 Å². The van der Waals surface area contributed by atoms with Gasteiger partial charge in [-0.2, -0.15) is 0 Å². The zero-order chi connectivity index (χ0) is 7.52. The highest BCUT2D eigenvalue weighted by Gasteiger charge is 2.68. The Kier molecular flexibility index (Phi) is 0.934. The lowest BCUT2D eigenvalue weighted by Gasteiger charge is -2.17. The molecule has 2 aliphatic carbocycles. The summed E-state index contributed by atoms with van der Waals surface area (Å²) in [5.41, 5.74) is -0.0852. The number of Topliss-reactive ketones (excluding diaryl/α,β-unsaturated/α-hetero) is 1. The molecule has 0 radical (unpaired) electrons. The maximum atomic E-state index is 11.5. The zero-order valence-corrected chi connectivity index (χ0v) is 6.85. The number of carbonyl (C=O) groups is 1. The predicted octanol–water partition coefficient (Wildman–Crippen LogP) is 1.87. The van der Waals surface area contributed by atoms with Gasteiger partial charge in [0.2, 0.25) is 0 Å². The molecule has 0 aromatic carbocycles. The summed E-state index contributed by atoms with van der Waals surface area (Å²) in [7, 11) is 0. The molecule has 0 aromatic heterocycles. The van der Waals surface area contributed by atoms with Gasteiger partial charge in [0.05, 0.1) is 0 Å². The van der Waals surface area contributed by atoms with Gasteiger partial charge in [0, 0.05) is 11.3 Å². The lowest BCUT2D eigenvalue weighted by molar-refractivity contribution is -0.128. The first-order chi connectivity index (χ1) is 4.52. The standard InChI is InChI=1S/C9H14O/c1-9(2,3)8(10)7-5-4-6(5)7/h5-7H,4H2,1-3H3. The highest BCUT2D eigenvalue weighted by Crippen LogP contribution is 2.69. The number of hydrogen-bond donors (Lipinski definition) is 0. The van der Waals surface area contributed by atoms with E-state index in [0.29, 0.717) is 11.7 Å². The molecule has 0 spiro atoms. The molecule has 56 valence electrons. The average molecular weight is 138 g/mol. The lowest BCUT2D eigenvalue weighted by Crippen LogP contribution is -2.24. The molecule has 2 rings (SSSR count). The Hall–Kier alpha value is -0.330. The molecule has 1 nitrogen and oxygen atoms in total. The fourth-order valence-electron chi connectivity index (χ4n) is 1.67. The van der Waals surface area contributed by atoms with Crippen LogP contribution in [0.4, 0.5) is 0 Å². The second-order valence-electron chi connectivity index (χ2n) is 4.70. The van der Waals surface area contributed by atoms with Gasteiger partial charge >= 0.3 is 0 Å². The van der Waals surface area contributed by atoms with Crippen molar-refractivity contribution in [3.63, 3.8) is 0 Å². The van der Waals surface area contributed by atoms with Gasteiger partial charge in [0.1, 0.15) is 5.78 Å². The molecule has 0 amide bonds. The minimum Gasteiger partial charge on any atom is -0.299 e. The third-order valence-electron chi connectivity index (χ3n) is 2.71. The average Bonchev–Trinajstić information content (AvgIpc) is 2.43. The van der Waals surface area contributed by atoms with E-state index in [9.17, 15) is 4.79 Å². The summed E-state index contributed by atoms with van der Waals surface area (Å²) < 4.78 is 0. The monoisotopic (exact) mass is 138 g/mol. The van der Waals surface area contributed by atoms with E-state index in [-0.39, 0.29) is 5.41 Å². The van der Waals surface area contributed by atoms with Crippen LogP contribution in [0.1, 0.15) is 27.2 Å². The summed E-state index contributed by atoms with van der Waals surface area (Å²) in [6, 6.07) is 0. The summed E-state index contributed by atoms with van der Waals surface area (Å²) in [5, 5.41) is 0. The first kappa shape index (κ1) is 6.38. The maximum Gasteiger partial charge on any atom is 0.141 e. The van der Waals surface area contributed by atoms with Gasteiger partial charge < -0.3 is 0 Å². The molecule has 0 aromatic rings. The van der Waals surface area contributed by atoms with Crippen molar-refractivity contribution in [2.75, 3.05) is 0 Å². The quantitative estimate of drug-likeness (QED) is 0.540. The van der Waals surface area contributed by atoms with Crippen molar-refractivity contribution in [2.45, 2.75) is 27.2 Å². The number of fused-ring (bicyclic) bond motifs is 1. The van der Waals surface area contributed by atoms with Crippen LogP contribution in [0.3, 0.4) is 0 Å². The van der Waals surface area contributed by atoms with Crippen molar-refractivity contribution < 1.29 is 4.79 Å². The molecule has 2 fully saturated rings. The Labute approximate surface area is 61.8 Å². The molecule has 0 N–H and O–H groups in total. The fraction of sp³-hybridized carbons (Fsp3) is 0.889. The van der Waals surface area contributed by atoms with Crippen molar-refractivity contribution >= 4 is 5.78 Å². The van der Waals surface area contributed by atoms with Crippen molar-refractivity contribution in [1.82, 2.24) is 0 Å². The van der Waals surface area contributed by atoms with Gasteiger partial charge in [-0.1, -0.05) is 20.8 Å². The molecule has 0 saturated heterocycles. The van der Waals surface area contributed by atoms with Crippen LogP contribution in [-0.4, -0.2) is 5.78 Å². The fourth-order valence-corrected chi connectivity index (χ4v) is 1.67. The van der Waals surface area contributed by atoms with Crippen LogP contribution in [0.15, 0.2) is 0 Å². The molecule has 2 saturated carbocycles. The molecule has 2 unspecified atom stereocenters. The molecule has 2 atom stereocenters. The summed E-state index contributed by atoms with van der Waals surface area (Å²) >= 11 is 0. The number of hydrogen-bond acceptors (Lipinski definition) is 1. The van der Waals surface area contributed by atoms with Crippen LogP contribution in [0.5, 0.6) is 0 Å². The van der Waals surface area contributed by atoms with E-state index in [1.165, 1.54) is 6.42 Å². The van der Waals surface area contributed by atoms with Crippen molar-refractivity contribution in [2.24, 2.45) is 23.2 Å². The second kappa shape index (κ2) is 1.46. The minimum atomic E-state index is -0.0852. The molecular formula is C9H14O. The SMILES string of the molecule is CC(C)(C)C(=O)C1C2CC21. The highest BCUT2D eigenvalue weighted by atomic mass is 16.1. The van der Waals surface area contributed by atoms with Gasteiger partial charge in [0.15, 0.2) is 0 Å². The first-order valence-electron chi connectivity index (χ1n) is 4.06. The van der Waals surface area contributed by atoms with Crippen LogP contribution in [0.25, 0.3) is 0 Å².